The number of non-ortho nitro benzene ring substituents is 1. The predicted octanol–water partition coefficient (Wildman–Crippen LogP) is 4.17. The summed E-state index contributed by atoms with van der Waals surface area (Å²) < 4.78 is 0. The highest BCUT2D eigenvalue weighted by molar-refractivity contribution is 6.31. The van der Waals surface area contributed by atoms with Crippen LogP contribution in [-0.4, -0.2) is 10.8 Å². The molecule has 0 bridgehead atoms. The summed E-state index contributed by atoms with van der Waals surface area (Å²) in [5.41, 5.74) is 8.29. The van der Waals surface area contributed by atoms with Crippen molar-refractivity contribution in [3.63, 3.8) is 0 Å². The fourth-order valence-electron chi connectivity index (χ4n) is 4.02. The molecule has 0 radical (unpaired) electrons. The standard InChI is InChI=1S/C19H16ClN3O3/c20-16-8-7-10(23(25)26)9-15(16)18-13-4-1-3-11(13)12-5-2-6-14(19(21)24)17(12)22-18/h1-3,5-9,11,13,18,22H,4H2,(H2,21,24). The normalized spacial score (nSPS) is 23.0. The van der Waals surface area contributed by atoms with Gasteiger partial charge in [0.25, 0.3) is 11.6 Å². The number of amides is 1. The third kappa shape index (κ3) is 2.54. The predicted molar refractivity (Wildman–Crippen MR) is 99.4 cm³/mol. The van der Waals surface area contributed by atoms with Crippen molar-refractivity contribution in [2.45, 2.75) is 18.4 Å². The van der Waals surface area contributed by atoms with Gasteiger partial charge in [-0.3, -0.25) is 14.9 Å². The Labute approximate surface area is 154 Å². The van der Waals surface area contributed by atoms with Crippen molar-refractivity contribution in [1.82, 2.24) is 0 Å². The van der Waals surface area contributed by atoms with Gasteiger partial charge in [0.05, 0.1) is 22.2 Å². The monoisotopic (exact) mass is 369 g/mol. The Morgan fingerprint density at radius 1 is 1.27 bits per heavy atom. The van der Waals surface area contributed by atoms with Crippen molar-refractivity contribution >= 4 is 28.9 Å². The van der Waals surface area contributed by atoms with Crippen molar-refractivity contribution in [2.75, 3.05) is 5.32 Å². The molecular formula is C19H16ClN3O3. The average Bonchev–Trinajstić information content (AvgIpc) is 3.10. The zero-order valence-corrected chi connectivity index (χ0v) is 14.4. The largest absolute Gasteiger partial charge is 0.377 e. The number of nitrogens with two attached hydrogens (primary N) is 1. The molecule has 1 heterocycles. The van der Waals surface area contributed by atoms with Gasteiger partial charge in [-0.2, -0.15) is 0 Å². The van der Waals surface area contributed by atoms with Crippen LogP contribution in [0.3, 0.4) is 0 Å². The molecule has 0 saturated heterocycles. The first-order chi connectivity index (χ1) is 12.5. The van der Waals surface area contributed by atoms with E-state index < -0.39 is 10.8 Å². The molecular weight excluding hydrogens is 354 g/mol. The highest BCUT2D eigenvalue weighted by Gasteiger charge is 2.40. The molecule has 4 rings (SSSR count). The van der Waals surface area contributed by atoms with E-state index in [0.717, 1.165) is 12.0 Å². The van der Waals surface area contributed by atoms with Gasteiger partial charge in [0.2, 0.25) is 0 Å². The lowest BCUT2D eigenvalue weighted by atomic mass is 9.76. The highest BCUT2D eigenvalue weighted by atomic mass is 35.5. The second-order valence-electron chi connectivity index (χ2n) is 6.57. The van der Waals surface area contributed by atoms with Crippen LogP contribution >= 0.6 is 11.6 Å². The molecule has 1 aliphatic carbocycles. The maximum atomic E-state index is 11.9. The van der Waals surface area contributed by atoms with Crippen molar-refractivity contribution < 1.29 is 9.72 Å². The molecule has 3 N–H and O–H groups in total. The van der Waals surface area contributed by atoms with E-state index in [1.807, 2.05) is 12.1 Å². The van der Waals surface area contributed by atoms with Gasteiger partial charge in [0.15, 0.2) is 0 Å². The van der Waals surface area contributed by atoms with Gasteiger partial charge in [0, 0.05) is 28.6 Å². The number of halogens is 1. The molecule has 0 spiro atoms. The van der Waals surface area contributed by atoms with Gasteiger partial charge >= 0.3 is 0 Å². The lowest BCUT2D eigenvalue weighted by molar-refractivity contribution is -0.384. The SMILES string of the molecule is NC(=O)c1cccc2c1NC(c1cc([N+](=O)[O-])ccc1Cl)C1CC=CC21. The molecule has 3 atom stereocenters. The van der Waals surface area contributed by atoms with Crippen LogP contribution in [0.25, 0.3) is 0 Å². The first-order valence-electron chi connectivity index (χ1n) is 8.27. The Morgan fingerprint density at radius 2 is 2.08 bits per heavy atom. The summed E-state index contributed by atoms with van der Waals surface area (Å²) in [7, 11) is 0. The van der Waals surface area contributed by atoms with Gasteiger partial charge in [-0.25, -0.2) is 0 Å². The van der Waals surface area contributed by atoms with E-state index in [2.05, 4.69) is 17.5 Å². The quantitative estimate of drug-likeness (QED) is 0.481. The molecule has 132 valence electrons. The number of anilines is 1. The van der Waals surface area contributed by atoms with Crippen LogP contribution in [-0.2, 0) is 0 Å². The Morgan fingerprint density at radius 3 is 2.81 bits per heavy atom. The van der Waals surface area contributed by atoms with Crippen molar-refractivity contribution in [1.29, 1.82) is 0 Å². The number of nitrogens with one attached hydrogen (secondary N) is 1. The van der Waals surface area contributed by atoms with E-state index >= 15 is 0 Å². The number of benzene rings is 2. The molecule has 1 amide bonds. The summed E-state index contributed by atoms with van der Waals surface area (Å²) in [6, 6.07) is 9.67. The van der Waals surface area contributed by atoms with Crippen LogP contribution in [0.5, 0.6) is 0 Å². The molecule has 7 heteroatoms. The second-order valence-corrected chi connectivity index (χ2v) is 6.98. The first-order valence-corrected chi connectivity index (χ1v) is 8.65. The maximum Gasteiger partial charge on any atom is 0.269 e. The van der Waals surface area contributed by atoms with Gasteiger partial charge in [-0.15, -0.1) is 0 Å². The van der Waals surface area contributed by atoms with E-state index in [1.54, 1.807) is 12.1 Å². The van der Waals surface area contributed by atoms with Crippen LogP contribution in [0.2, 0.25) is 5.02 Å². The molecule has 26 heavy (non-hydrogen) atoms. The molecule has 1 aliphatic heterocycles. The zero-order valence-electron chi connectivity index (χ0n) is 13.7. The van der Waals surface area contributed by atoms with Crippen LogP contribution in [0.1, 0.15) is 39.9 Å². The van der Waals surface area contributed by atoms with Crippen LogP contribution in [0.15, 0.2) is 48.6 Å². The number of para-hydroxylation sites is 1. The third-order valence-electron chi connectivity index (χ3n) is 5.19. The molecule has 2 aromatic rings. The van der Waals surface area contributed by atoms with E-state index in [4.69, 9.17) is 17.3 Å². The maximum absolute atomic E-state index is 11.9. The Bertz CT molecular complexity index is 957. The van der Waals surface area contributed by atoms with Gasteiger partial charge in [-0.05, 0) is 30.0 Å². The van der Waals surface area contributed by atoms with E-state index in [-0.39, 0.29) is 23.6 Å². The van der Waals surface area contributed by atoms with Gasteiger partial charge in [0.1, 0.15) is 0 Å². The number of primary amides is 1. The Balaban J connectivity index is 1.86. The number of nitrogens with zero attached hydrogens (tertiary/aromatic N) is 1. The first kappa shape index (κ1) is 16.6. The second kappa shape index (κ2) is 6.14. The summed E-state index contributed by atoms with van der Waals surface area (Å²) >= 11 is 6.38. The van der Waals surface area contributed by atoms with Crippen molar-refractivity contribution in [2.24, 2.45) is 11.7 Å². The Kier molecular flexibility index (Phi) is 3.92. The molecule has 2 aliphatic rings. The number of hydrogen-bond acceptors (Lipinski definition) is 4. The summed E-state index contributed by atoms with van der Waals surface area (Å²) in [6.45, 7) is 0. The highest BCUT2D eigenvalue weighted by Crippen LogP contribution is 2.51. The lowest BCUT2D eigenvalue weighted by Gasteiger charge is -2.38. The number of hydrogen-bond donors (Lipinski definition) is 2. The number of nitro benzene ring substituents is 1. The Hall–Kier alpha value is -2.86. The number of rotatable bonds is 3. The minimum Gasteiger partial charge on any atom is -0.377 e. The van der Waals surface area contributed by atoms with Crippen LogP contribution < -0.4 is 11.1 Å². The molecule has 0 aromatic heterocycles. The fourth-order valence-corrected chi connectivity index (χ4v) is 4.25. The molecule has 3 unspecified atom stereocenters. The lowest BCUT2D eigenvalue weighted by Crippen LogP contribution is -2.31. The summed E-state index contributed by atoms with van der Waals surface area (Å²) in [5.74, 6) is -0.255. The van der Waals surface area contributed by atoms with E-state index in [0.29, 0.717) is 21.8 Å². The van der Waals surface area contributed by atoms with Crippen molar-refractivity contribution in [3.05, 3.63) is 80.4 Å². The molecule has 6 nitrogen and oxygen atoms in total. The summed E-state index contributed by atoms with van der Waals surface area (Å²) in [6.07, 6.45) is 5.04. The number of nitro groups is 1. The van der Waals surface area contributed by atoms with E-state index in [9.17, 15) is 14.9 Å². The molecule has 0 fully saturated rings. The molecule has 0 saturated carbocycles. The average molecular weight is 370 g/mol. The van der Waals surface area contributed by atoms with Crippen LogP contribution in [0, 0.1) is 16.0 Å². The van der Waals surface area contributed by atoms with E-state index in [1.165, 1.54) is 12.1 Å². The topological polar surface area (TPSA) is 98.3 Å². The number of carbonyl (C=O) groups excluding carboxylic acids is 1. The zero-order chi connectivity index (χ0) is 18.4. The molecule has 2 aromatic carbocycles. The summed E-state index contributed by atoms with van der Waals surface area (Å²) in [5, 5.41) is 15.0. The smallest absolute Gasteiger partial charge is 0.269 e. The number of fused-ring (bicyclic) bond motifs is 3. The number of carbonyl (C=O) groups is 1. The van der Waals surface area contributed by atoms with Gasteiger partial charge in [-0.1, -0.05) is 35.9 Å². The third-order valence-corrected chi connectivity index (χ3v) is 5.53. The fraction of sp³-hybridized carbons (Fsp3) is 0.211. The number of allylic oxidation sites excluding steroid dienone is 2. The summed E-state index contributed by atoms with van der Waals surface area (Å²) in [4.78, 5) is 22.6. The van der Waals surface area contributed by atoms with Gasteiger partial charge < -0.3 is 11.1 Å². The van der Waals surface area contributed by atoms with Crippen molar-refractivity contribution in [3.8, 4) is 0 Å². The van der Waals surface area contributed by atoms with Crippen LogP contribution in [0.4, 0.5) is 11.4 Å². The minimum absolute atomic E-state index is 0.0114. The minimum atomic E-state index is -0.515.